The fraction of sp³-hybridized carbons (Fsp3) is 0.500. The van der Waals surface area contributed by atoms with E-state index < -0.39 is 28.4 Å². The van der Waals surface area contributed by atoms with Gasteiger partial charge in [-0.2, -0.15) is 0 Å². The first-order chi connectivity index (χ1) is 14.8. The van der Waals surface area contributed by atoms with Gasteiger partial charge in [0, 0.05) is 37.0 Å². The fourth-order valence-electron chi connectivity index (χ4n) is 3.54. The summed E-state index contributed by atoms with van der Waals surface area (Å²) in [6.45, 7) is 1.66. The Morgan fingerprint density at radius 1 is 1.48 bits per heavy atom. The van der Waals surface area contributed by atoms with Crippen LogP contribution in [0.1, 0.15) is 10.8 Å². The largest absolute Gasteiger partial charge is 0.481 e. The Kier molecular flexibility index (Phi) is 6.03. The minimum atomic E-state index is -1.49. The van der Waals surface area contributed by atoms with Crippen molar-refractivity contribution in [3.63, 3.8) is 0 Å². The number of hydrogen-bond donors (Lipinski definition) is 2. The highest BCUT2D eigenvalue weighted by Crippen LogP contribution is 2.48. The van der Waals surface area contributed by atoms with Gasteiger partial charge in [0.1, 0.15) is 10.8 Å². The first-order valence-electron chi connectivity index (χ1n) is 9.27. The van der Waals surface area contributed by atoms with Crippen LogP contribution in [0, 0.1) is 12.3 Å². The number of aliphatic carboxylic acids is 1. The number of methoxy groups -OCH3 is 1. The highest BCUT2D eigenvalue weighted by Gasteiger charge is 2.67. The highest BCUT2D eigenvalue weighted by atomic mass is 32.2. The van der Waals surface area contributed by atoms with Gasteiger partial charge in [0.25, 0.3) is 16.9 Å². The maximum absolute atomic E-state index is 13.0. The summed E-state index contributed by atoms with van der Waals surface area (Å²) in [4.78, 5) is 40.0. The molecule has 166 valence electrons. The Hall–Kier alpha value is -2.09. The number of hydrogen-bond acceptors (Lipinski definition) is 10. The molecule has 2 aliphatic rings. The van der Waals surface area contributed by atoms with Crippen LogP contribution in [0.2, 0.25) is 0 Å². The van der Waals surface area contributed by atoms with Crippen molar-refractivity contribution in [2.45, 2.75) is 29.7 Å². The second kappa shape index (κ2) is 8.45. The summed E-state index contributed by atoms with van der Waals surface area (Å²) in [6.07, 6.45) is 0.146. The molecule has 2 aromatic heterocycles. The van der Waals surface area contributed by atoms with Crippen LogP contribution >= 0.6 is 34.9 Å². The SMILES string of the molecule is COC1(NC(=O)Cc2cccs2)C(=O)N2CC(CSc3nnc(C)o3)(C(=O)O)CS[C@@H]21. The number of nitrogens with zero attached hydrogens (tertiary/aromatic N) is 3. The van der Waals surface area contributed by atoms with Gasteiger partial charge in [-0.25, -0.2) is 0 Å². The van der Waals surface area contributed by atoms with Gasteiger partial charge in [-0.15, -0.1) is 33.3 Å². The molecule has 4 rings (SSSR count). The van der Waals surface area contributed by atoms with E-state index in [2.05, 4.69) is 15.5 Å². The molecule has 13 heteroatoms. The number of β-lactam (4-membered cyclic amide) rings is 1. The lowest BCUT2D eigenvalue weighted by Crippen LogP contribution is -2.82. The van der Waals surface area contributed by atoms with Crippen LogP contribution in [0.3, 0.4) is 0 Å². The standard InChI is InChI=1S/C18H20N4O6S3/c1-10-20-21-16(28-10)31-9-17(15(25)26)7-22-13(24)18(27-2,14(22)30-8-17)19-12(23)6-11-4-3-5-29-11/h3-5,14H,6-9H2,1-2H3,(H,19,23)(H,25,26)/t14-,17?,18?/m1/s1. The average molecular weight is 485 g/mol. The Bertz CT molecular complexity index is 998. The van der Waals surface area contributed by atoms with Crippen LogP contribution in [0.15, 0.2) is 27.2 Å². The van der Waals surface area contributed by atoms with Crippen molar-refractivity contribution in [1.29, 1.82) is 0 Å². The van der Waals surface area contributed by atoms with Crippen LogP contribution in [0.25, 0.3) is 0 Å². The third-order valence-corrected chi connectivity index (χ3v) is 8.80. The van der Waals surface area contributed by atoms with E-state index >= 15 is 0 Å². The molecule has 0 bridgehead atoms. The van der Waals surface area contributed by atoms with Crippen molar-refractivity contribution in [2.75, 3.05) is 25.2 Å². The molecule has 2 N–H and O–H groups in total. The molecule has 2 amide bonds. The van der Waals surface area contributed by atoms with Crippen molar-refractivity contribution in [2.24, 2.45) is 5.41 Å². The van der Waals surface area contributed by atoms with Gasteiger partial charge in [0.15, 0.2) is 0 Å². The molecule has 31 heavy (non-hydrogen) atoms. The van der Waals surface area contributed by atoms with E-state index in [-0.39, 0.29) is 35.6 Å². The number of carbonyl (C=O) groups is 3. The van der Waals surface area contributed by atoms with E-state index in [0.717, 1.165) is 16.6 Å². The molecule has 2 saturated heterocycles. The maximum Gasteiger partial charge on any atom is 0.313 e. The van der Waals surface area contributed by atoms with E-state index in [0.29, 0.717) is 5.89 Å². The first kappa shape index (κ1) is 22.1. The number of carbonyl (C=O) groups excluding carboxylic acids is 2. The van der Waals surface area contributed by atoms with Crippen molar-refractivity contribution in [3.8, 4) is 0 Å². The van der Waals surface area contributed by atoms with Crippen LogP contribution < -0.4 is 5.32 Å². The van der Waals surface area contributed by atoms with Gasteiger partial charge < -0.3 is 24.5 Å². The molecule has 3 atom stereocenters. The predicted octanol–water partition coefficient (Wildman–Crippen LogP) is 1.22. The molecule has 0 spiro atoms. The molecule has 0 saturated carbocycles. The summed E-state index contributed by atoms with van der Waals surface area (Å²) in [5, 5.41) is 21.9. The quantitative estimate of drug-likeness (QED) is 0.320. The summed E-state index contributed by atoms with van der Waals surface area (Å²) in [5.74, 6) is -0.981. The Morgan fingerprint density at radius 2 is 2.29 bits per heavy atom. The number of fused-ring (bicyclic) bond motifs is 1. The molecule has 2 aliphatic heterocycles. The zero-order valence-electron chi connectivity index (χ0n) is 16.7. The van der Waals surface area contributed by atoms with E-state index in [4.69, 9.17) is 9.15 Å². The lowest BCUT2D eigenvalue weighted by molar-refractivity contribution is -0.200. The lowest BCUT2D eigenvalue weighted by atomic mass is 9.88. The van der Waals surface area contributed by atoms with Gasteiger partial charge in [-0.3, -0.25) is 14.4 Å². The van der Waals surface area contributed by atoms with Gasteiger partial charge in [0.05, 0.1) is 6.42 Å². The highest BCUT2D eigenvalue weighted by molar-refractivity contribution is 8.00. The summed E-state index contributed by atoms with van der Waals surface area (Å²) in [5.41, 5.74) is -2.68. The third-order valence-electron chi connectivity index (χ3n) is 5.20. The second-order valence-corrected chi connectivity index (χ2v) is 10.3. The summed E-state index contributed by atoms with van der Waals surface area (Å²) in [6, 6.07) is 3.70. The van der Waals surface area contributed by atoms with Crippen molar-refractivity contribution in [1.82, 2.24) is 20.4 Å². The molecular weight excluding hydrogens is 464 g/mol. The number of nitrogens with one attached hydrogen (secondary N) is 1. The molecule has 2 aromatic rings. The minimum absolute atomic E-state index is 0.00482. The number of amides is 2. The number of rotatable bonds is 8. The number of carboxylic acid groups (broad SMARTS) is 1. The van der Waals surface area contributed by atoms with Gasteiger partial charge in [0.2, 0.25) is 11.8 Å². The Balaban J connectivity index is 1.45. The number of thioether (sulfide) groups is 2. The molecule has 0 aromatic carbocycles. The molecule has 0 radical (unpaired) electrons. The van der Waals surface area contributed by atoms with Crippen LogP contribution in [0.4, 0.5) is 0 Å². The van der Waals surface area contributed by atoms with E-state index in [1.807, 2.05) is 17.5 Å². The minimum Gasteiger partial charge on any atom is -0.481 e. The van der Waals surface area contributed by atoms with Crippen LogP contribution in [-0.2, 0) is 25.5 Å². The van der Waals surface area contributed by atoms with Gasteiger partial charge in [-0.1, -0.05) is 17.8 Å². The lowest BCUT2D eigenvalue weighted by Gasteiger charge is -2.58. The second-order valence-electron chi connectivity index (χ2n) is 7.30. The summed E-state index contributed by atoms with van der Waals surface area (Å²) >= 11 is 3.89. The Morgan fingerprint density at radius 3 is 2.90 bits per heavy atom. The molecule has 4 heterocycles. The smallest absolute Gasteiger partial charge is 0.313 e. The zero-order valence-corrected chi connectivity index (χ0v) is 19.1. The van der Waals surface area contributed by atoms with Crippen LogP contribution in [-0.4, -0.2) is 74.2 Å². The number of aromatic nitrogens is 2. The van der Waals surface area contributed by atoms with E-state index in [9.17, 15) is 19.5 Å². The molecular formula is C18H20N4O6S3. The number of aryl methyl sites for hydroxylation is 1. The van der Waals surface area contributed by atoms with Gasteiger partial charge >= 0.3 is 5.97 Å². The molecule has 2 fully saturated rings. The number of thiophene rings is 1. The normalized spacial score (nSPS) is 27.5. The molecule has 10 nitrogen and oxygen atoms in total. The van der Waals surface area contributed by atoms with Crippen LogP contribution in [0.5, 0.6) is 0 Å². The van der Waals surface area contributed by atoms with E-state index in [1.165, 1.54) is 35.1 Å². The maximum atomic E-state index is 13.0. The zero-order chi connectivity index (χ0) is 22.2. The third kappa shape index (κ3) is 3.95. The van der Waals surface area contributed by atoms with Crippen molar-refractivity contribution in [3.05, 3.63) is 28.3 Å². The topological polar surface area (TPSA) is 135 Å². The number of carboxylic acids is 1. The summed E-state index contributed by atoms with van der Waals surface area (Å²) in [7, 11) is 1.37. The first-order valence-corrected chi connectivity index (χ1v) is 12.2. The molecule has 2 unspecified atom stereocenters. The van der Waals surface area contributed by atoms with Crippen molar-refractivity contribution < 1.29 is 28.6 Å². The molecule has 0 aliphatic carbocycles. The Labute approximate surface area is 190 Å². The average Bonchev–Trinajstić information content (AvgIpc) is 3.41. The van der Waals surface area contributed by atoms with Crippen molar-refractivity contribution >= 4 is 52.6 Å². The summed E-state index contributed by atoms with van der Waals surface area (Å²) < 4.78 is 10.8. The number of ether oxygens (including phenoxy) is 1. The fourth-order valence-corrected chi connectivity index (χ4v) is 7.01. The monoisotopic (exact) mass is 484 g/mol. The van der Waals surface area contributed by atoms with E-state index in [1.54, 1.807) is 6.92 Å². The predicted molar refractivity (Wildman–Crippen MR) is 114 cm³/mol. The van der Waals surface area contributed by atoms with Gasteiger partial charge in [-0.05, 0) is 11.4 Å².